The largest absolute Gasteiger partial charge is 0.508 e. The van der Waals surface area contributed by atoms with Gasteiger partial charge in [0.25, 0.3) is 0 Å². The van der Waals surface area contributed by atoms with E-state index >= 15 is 0 Å². The molecule has 1 aliphatic heterocycles. The number of Topliss-reactive ketones (excluding diaryl/α,β-unsaturated/α-hetero) is 1. The van der Waals surface area contributed by atoms with Crippen LogP contribution < -0.4 is 4.90 Å². The molecule has 3 heteroatoms. The number of ketones is 1. The lowest BCUT2D eigenvalue weighted by Crippen LogP contribution is -2.42. The Kier molecular flexibility index (Phi) is 2.58. The van der Waals surface area contributed by atoms with Crippen LogP contribution in [0.3, 0.4) is 0 Å². The van der Waals surface area contributed by atoms with E-state index in [1.54, 1.807) is 12.1 Å². The first kappa shape index (κ1) is 12.5. The summed E-state index contributed by atoms with van der Waals surface area (Å²) in [6, 6.07) is 13.6. The van der Waals surface area contributed by atoms with Gasteiger partial charge in [0, 0.05) is 24.2 Å². The van der Waals surface area contributed by atoms with Crippen LogP contribution in [0.15, 0.2) is 42.5 Å². The van der Waals surface area contributed by atoms with Crippen LogP contribution in [0.5, 0.6) is 5.75 Å². The van der Waals surface area contributed by atoms with Crippen molar-refractivity contribution < 1.29 is 9.90 Å². The fourth-order valence-corrected chi connectivity index (χ4v) is 3.87. The van der Waals surface area contributed by atoms with E-state index in [-0.39, 0.29) is 23.5 Å². The van der Waals surface area contributed by atoms with Crippen molar-refractivity contribution in [3.05, 3.63) is 59.2 Å². The van der Waals surface area contributed by atoms with E-state index in [1.807, 2.05) is 19.2 Å². The zero-order valence-electron chi connectivity index (χ0n) is 11.9. The zero-order chi connectivity index (χ0) is 14.6. The number of phenolic OH excluding ortho intramolecular Hbond substituents is 1. The van der Waals surface area contributed by atoms with E-state index in [0.29, 0.717) is 5.56 Å². The van der Waals surface area contributed by atoms with Crippen LogP contribution in [0, 0.1) is 5.92 Å². The van der Waals surface area contributed by atoms with Gasteiger partial charge in [0.2, 0.25) is 0 Å². The lowest BCUT2D eigenvalue weighted by molar-refractivity contribution is 0.0873. The minimum Gasteiger partial charge on any atom is -0.508 e. The van der Waals surface area contributed by atoms with Crippen molar-refractivity contribution in [2.24, 2.45) is 5.92 Å². The number of rotatable bonds is 0. The molecule has 2 unspecified atom stereocenters. The normalized spacial score (nSPS) is 23.3. The third kappa shape index (κ3) is 1.70. The maximum Gasteiger partial charge on any atom is 0.170 e. The number of fused-ring (bicyclic) bond motifs is 4. The molecule has 106 valence electrons. The number of benzene rings is 2. The molecule has 0 spiro atoms. The highest BCUT2D eigenvalue weighted by molar-refractivity contribution is 6.06. The highest BCUT2D eigenvalue weighted by Gasteiger charge is 2.42. The van der Waals surface area contributed by atoms with Gasteiger partial charge >= 0.3 is 0 Å². The number of nitrogens with zero attached hydrogens (tertiary/aromatic N) is 1. The number of phenols is 1. The number of aromatic hydroxyl groups is 1. The van der Waals surface area contributed by atoms with Gasteiger partial charge in [0.1, 0.15) is 5.75 Å². The van der Waals surface area contributed by atoms with E-state index in [0.717, 1.165) is 18.5 Å². The number of anilines is 1. The van der Waals surface area contributed by atoms with Crippen LogP contribution in [0.1, 0.15) is 33.9 Å². The average molecular weight is 279 g/mol. The second-order valence-electron chi connectivity index (χ2n) is 5.97. The summed E-state index contributed by atoms with van der Waals surface area (Å²) in [5.74, 6) is 0.308. The third-order valence-electron chi connectivity index (χ3n) is 4.86. The number of carbonyl (C=O) groups excluding carboxylic acids is 1. The second-order valence-corrected chi connectivity index (χ2v) is 5.97. The summed E-state index contributed by atoms with van der Waals surface area (Å²) >= 11 is 0. The first-order valence-electron chi connectivity index (χ1n) is 7.34. The van der Waals surface area contributed by atoms with Crippen LogP contribution in [0.2, 0.25) is 0 Å². The number of hydrogen-bond acceptors (Lipinski definition) is 3. The molecule has 1 N–H and O–H groups in total. The predicted molar refractivity (Wildman–Crippen MR) is 81.8 cm³/mol. The van der Waals surface area contributed by atoms with Gasteiger partial charge in [-0.05, 0) is 42.2 Å². The monoisotopic (exact) mass is 279 g/mol. The molecule has 4 rings (SSSR count). The van der Waals surface area contributed by atoms with Crippen molar-refractivity contribution >= 4 is 11.5 Å². The summed E-state index contributed by atoms with van der Waals surface area (Å²) in [6.45, 7) is 0. The molecule has 0 radical (unpaired) electrons. The fourth-order valence-electron chi connectivity index (χ4n) is 3.87. The standard InChI is InChI=1S/C18H17NO2/c1-19-16-9-7-12(20)10-15(16)18(21)14-8-6-11-4-2-3-5-13(11)17(14)19/h2-5,7,9-10,14,17,20H,6,8H2,1H3. The molecule has 3 nitrogen and oxygen atoms in total. The molecule has 0 aromatic heterocycles. The van der Waals surface area contributed by atoms with E-state index in [9.17, 15) is 9.90 Å². The Morgan fingerprint density at radius 2 is 2.00 bits per heavy atom. The van der Waals surface area contributed by atoms with Gasteiger partial charge in [0.15, 0.2) is 5.78 Å². The minimum atomic E-state index is -0.0146. The summed E-state index contributed by atoms with van der Waals surface area (Å²) in [6.07, 6.45) is 1.82. The highest BCUT2D eigenvalue weighted by atomic mass is 16.3. The second kappa shape index (κ2) is 4.35. The summed E-state index contributed by atoms with van der Waals surface area (Å²) < 4.78 is 0. The van der Waals surface area contributed by atoms with Gasteiger partial charge < -0.3 is 10.0 Å². The molecule has 2 atom stereocenters. The molecule has 21 heavy (non-hydrogen) atoms. The van der Waals surface area contributed by atoms with Crippen molar-refractivity contribution in [1.82, 2.24) is 0 Å². The quantitative estimate of drug-likeness (QED) is 0.804. The van der Waals surface area contributed by atoms with Crippen LogP contribution >= 0.6 is 0 Å². The SMILES string of the molecule is CN1c2ccc(O)cc2C(=O)C2CCc3ccccc3C21. The molecule has 0 saturated carbocycles. The molecule has 0 saturated heterocycles. The minimum absolute atomic E-state index is 0.0146. The van der Waals surface area contributed by atoms with E-state index in [4.69, 9.17) is 0 Å². The van der Waals surface area contributed by atoms with Crippen LogP contribution in [-0.4, -0.2) is 17.9 Å². The lowest BCUT2D eigenvalue weighted by atomic mass is 9.73. The Labute approximate surface area is 123 Å². The van der Waals surface area contributed by atoms with Crippen LogP contribution in [0.4, 0.5) is 5.69 Å². The van der Waals surface area contributed by atoms with Gasteiger partial charge in [-0.1, -0.05) is 24.3 Å². The van der Waals surface area contributed by atoms with Crippen molar-refractivity contribution in [3.63, 3.8) is 0 Å². The zero-order valence-corrected chi connectivity index (χ0v) is 11.9. The molecule has 0 bridgehead atoms. The first-order valence-corrected chi connectivity index (χ1v) is 7.34. The molecule has 2 aromatic rings. The van der Waals surface area contributed by atoms with E-state index in [2.05, 4.69) is 23.1 Å². The Hall–Kier alpha value is -2.29. The molecule has 0 fully saturated rings. The number of hydrogen-bond donors (Lipinski definition) is 1. The number of aryl methyl sites for hydroxylation is 1. The molecular weight excluding hydrogens is 262 g/mol. The first-order chi connectivity index (χ1) is 10.2. The van der Waals surface area contributed by atoms with Crippen molar-refractivity contribution in [1.29, 1.82) is 0 Å². The lowest BCUT2D eigenvalue weighted by Gasteiger charge is -2.44. The Morgan fingerprint density at radius 3 is 2.86 bits per heavy atom. The van der Waals surface area contributed by atoms with Gasteiger partial charge in [-0.2, -0.15) is 0 Å². The molecule has 1 aliphatic carbocycles. The molecule has 1 heterocycles. The summed E-state index contributed by atoms with van der Waals surface area (Å²) in [5.41, 5.74) is 4.18. The summed E-state index contributed by atoms with van der Waals surface area (Å²) in [5, 5.41) is 9.68. The topological polar surface area (TPSA) is 40.5 Å². The Bertz CT molecular complexity index is 738. The van der Waals surface area contributed by atoms with E-state index < -0.39 is 0 Å². The highest BCUT2D eigenvalue weighted by Crippen LogP contribution is 2.47. The molecule has 2 aromatic carbocycles. The summed E-state index contributed by atoms with van der Waals surface area (Å²) in [7, 11) is 2.04. The molecule has 0 amide bonds. The van der Waals surface area contributed by atoms with Crippen molar-refractivity contribution in [3.8, 4) is 5.75 Å². The van der Waals surface area contributed by atoms with Crippen LogP contribution in [-0.2, 0) is 6.42 Å². The van der Waals surface area contributed by atoms with Crippen LogP contribution in [0.25, 0.3) is 0 Å². The van der Waals surface area contributed by atoms with Gasteiger partial charge in [-0.3, -0.25) is 4.79 Å². The van der Waals surface area contributed by atoms with Gasteiger partial charge in [-0.15, -0.1) is 0 Å². The van der Waals surface area contributed by atoms with Gasteiger partial charge in [0.05, 0.1) is 6.04 Å². The predicted octanol–water partition coefficient (Wildman–Crippen LogP) is 3.33. The average Bonchev–Trinajstić information content (AvgIpc) is 2.51. The van der Waals surface area contributed by atoms with Gasteiger partial charge in [-0.25, -0.2) is 0 Å². The Balaban J connectivity index is 1.90. The summed E-state index contributed by atoms with van der Waals surface area (Å²) in [4.78, 5) is 15.0. The fraction of sp³-hybridized carbons (Fsp3) is 0.278. The molecule has 2 aliphatic rings. The smallest absolute Gasteiger partial charge is 0.170 e. The third-order valence-corrected chi connectivity index (χ3v) is 4.86. The molecular formula is C18H17NO2. The maximum atomic E-state index is 12.8. The Morgan fingerprint density at radius 1 is 1.19 bits per heavy atom. The number of carbonyl (C=O) groups is 1. The van der Waals surface area contributed by atoms with Crippen molar-refractivity contribution in [2.45, 2.75) is 18.9 Å². The maximum absolute atomic E-state index is 12.8. The van der Waals surface area contributed by atoms with Crippen molar-refractivity contribution in [2.75, 3.05) is 11.9 Å². The van der Waals surface area contributed by atoms with E-state index in [1.165, 1.54) is 11.1 Å².